The Labute approximate surface area is 191 Å². The summed E-state index contributed by atoms with van der Waals surface area (Å²) in [6.07, 6.45) is 4.87. The number of rotatable bonds is 8. The first-order valence-electron chi connectivity index (χ1n) is 10.4. The number of pyridine rings is 1. The van der Waals surface area contributed by atoms with E-state index in [2.05, 4.69) is 35.8 Å². The van der Waals surface area contributed by atoms with E-state index in [9.17, 15) is 4.79 Å². The third kappa shape index (κ3) is 5.12. The van der Waals surface area contributed by atoms with Gasteiger partial charge in [0.15, 0.2) is 11.6 Å². The third-order valence-electron chi connectivity index (χ3n) is 5.12. The first-order valence-corrected chi connectivity index (χ1v) is 10.4. The van der Waals surface area contributed by atoms with Crippen LogP contribution in [0.1, 0.15) is 21.9 Å². The maximum absolute atomic E-state index is 12.7. The SMILES string of the molecule is CN(C)c1cccnc1CNC(=O)c1cccc(NCc2nnc(-c3ccncn3)n2C)c1. The molecule has 0 unspecified atom stereocenters. The molecule has 10 heteroatoms. The predicted molar refractivity (Wildman–Crippen MR) is 126 cm³/mol. The van der Waals surface area contributed by atoms with E-state index in [1.54, 1.807) is 24.5 Å². The van der Waals surface area contributed by atoms with Gasteiger partial charge in [0.1, 0.15) is 12.0 Å². The van der Waals surface area contributed by atoms with Crippen LogP contribution in [0.4, 0.5) is 11.4 Å². The van der Waals surface area contributed by atoms with E-state index >= 15 is 0 Å². The fraction of sp³-hybridized carbons (Fsp3) is 0.217. The Morgan fingerprint density at radius 2 is 1.91 bits per heavy atom. The molecule has 0 atom stereocenters. The van der Waals surface area contributed by atoms with Gasteiger partial charge < -0.3 is 20.1 Å². The molecule has 168 valence electrons. The molecule has 4 rings (SSSR count). The lowest BCUT2D eigenvalue weighted by atomic mass is 10.2. The van der Waals surface area contributed by atoms with E-state index in [0.717, 1.165) is 22.9 Å². The van der Waals surface area contributed by atoms with Gasteiger partial charge in [-0.25, -0.2) is 9.97 Å². The minimum Gasteiger partial charge on any atom is -0.378 e. The largest absolute Gasteiger partial charge is 0.378 e. The van der Waals surface area contributed by atoms with Gasteiger partial charge in [-0.1, -0.05) is 6.07 Å². The molecule has 0 aliphatic carbocycles. The molecule has 0 bridgehead atoms. The molecular formula is C23H25N9O. The molecule has 0 aliphatic rings. The smallest absolute Gasteiger partial charge is 0.251 e. The monoisotopic (exact) mass is 443 g/mol. The van der Waals surface area contributed by atoms with Crippen LogP contribution in [0.15, 0.2) is 61.2 Å². The summed E-state index contributed by atoms with van der Waals surface area (Å²) in [5.74, 6) is 1.23. The molecule has 0 spiro atoms. The number of anilines is 2. The van der Waals surface area contributed by atoms with Crippen molar-refractivity contribution in [2.45, 2.75) is 13.1 Å². The quantitative estimate of drug-likeness (QED) is 0.426. The zero-order valence-electron chi connectivity index (χ0n) is 18.7. The Morgan fingerprint density at radius 3 is 2.70 bits per heavy atom. The highest BCUT2D eigenvalue weighted by Crippen LogP contribution is 2.17. The van der Waals surface area contributed by atoms with E-state index in [-0.39, 0.29) is 5.91 Å². The van der Waals surface area contributed by atoms with Gasteiger partial charge in [0.25, 0.3) is 5.91 Å². The number of carbonyl (C=O) groups is 1. The predicted octanol–water partition coefficient (Wildman–Crippen LogP) is 2.28. The van der Waals surface area contributed by atoms with Gasteiger partial charge in [-0.3, -0.25) is 9.78 Å². The lowest BCUT2D eigenvalue weighted by molar-refractivity contribution is 0.0950. The number of carbonyl (C=O) groups excluding carboxylic acids is 1. The normalized spacial score (nSPS) is 10.6. The lowest BCUT2D eigenvalue weighted by Crippen LogP contribution is -2.25. The number of hydrogen-bond acceptors (Lipinski definition) is 8. The van der Waals surface area contributed by atoms with Gasteiger partial charge in [0.05, 0.1) is 24.5 Å². The van der Waals surface area contributed by atoms with Gasteiger partial charge in [0, 0.05) is 44.8 Å². The van der Waals surface area contributed by atoms with Crippen LogP contribution in [0.5, 0.6) is 0 Å². The standard InChI is InChI=1S/C23H25N9O/c1-31(2)20-8-5-10-25-19(20)13-27-23(33)16-6-4-7-17(12-16)26-14-21-29-30-22(32(21)3)18-9-11-24-15-28-18/h4-12,15,26H,13-14H2,1-3H3,(H,27,33). The van der Waals surface area contributed by atoms with Crippen LogP contribution in [0.25, 0.3) is 11.5 Å². The molecule has 0 saturated carbocycles. The van der Waals surface area contributed by atoms with Gasteiger partial charge in [0.2, 0.25) is 0 Å². The summed E-state index contributed by atoms with van der Waals surface area (Å²) in [4.78, 5) is 27.2. The van der Waals surface area contributed by atoms with Crippen LogP contribution in [0.2, 0.25) is 0 Å². The van der Waals surface area contributed by atoms with Crippen molar-refractivity contribution in [1.82, 2.24) is 35.0 Å². The molecule has 0 radical (unpaired) electrons. The second-order valence-electron chi connectivity index (χ2n) is 7.57. The summed E-state index contributed by atoms with van der Waals surface area (Å²) in [6.45, 7) is 0.787. The van der Waals surface area contributed by atoms with E-state index in [4.69, 9.17) is 0 Å². The van der Waals surface area contributed by atoms with Crippen LogP contribution in [0.3, 0.4) is 0 Å². The average molecular weight is 444 g/mol. The first-order chi connectivity index (χ1) is 16.0. The Kier molecular flexibility index (Phi) is 6.53. The van der Waals surface area contributed by atoms with Crippen molar-refractivity contribution in [1.29, 1.82) is 0 Å². The van der Waals surface area contributed by atoms with E-state index in [1.165, 1.54) is 6.33 Å². The van der Waals surface area contributed by atoms with Crippen molar-refractivity contribution >= 4 is 17.3 Å². The number of aromatic nitrogens is 6. The van der Waals surface area contributed by atoms with Crippen molar-refractivity contribution in [3.05, 3.63) is 78.3 Å². The molecule has 3 heterocycles. The fourth-order valence-electron chi connectivity index (χ4n) is 3.35. The molecule has 2 N–H and O–H groups in total. The van der Waals surface area contributed by atoms with Gasteiger partial charge >= 0.3 is 0 Å². The number of nitrogens with zero attached hydrogens (tertiary/aromatic N) is 7. The molecule has 0 fully saturated rings. The third-order valence-corrected chi connectivity index (χ3v) is 5.12. The molecule has 0 saturated heterocycles. The van der Waals surface area contributed by atoms with Crippen molar-refractivity contribution < 1.29 is 4.79 Å². The minimum absolute atomic E-state index is 0.168. The number of nitrogens with one attached hydrogen (secondary N) is 2. The Hall–Kier alpha value is -4.34. The zero-order chi connectivity index (χ0) is 23.2. The van der Waals surface area contributed by atoms with Crippen LogP contribution in [-0.4, -0.2) is 49.7 Å². The van der Waals surface area contributed by atoms with Crippen molar-refractivity contribution in [3.8, 4) is 11.5 Å². The number of hydrogen-bond donors (Lipinski definition) is 2. The summed E-state index contributed by atoms with van der Waals surface area (Å²) in [5, 5.41) is 14.7. The van der Waals surface area contributed by atoms with Crippen LogP contribution in [-0.2, 0) is 20.1 Å². The van der Waals surface area contributed by atoms with Crippen LogP contribution in [0, 0.1) is 0 Å². The second-order valence-corrected chi connectivity index (χ2v) is 7.57. The summed E-state index contributed by atoms with van der Waals surface area (Å²) in [6, 6.07) is 13.0. The summed E-state index contributed by atoms with van der Waals surface area (Å²) >= 11 is 0. The fourth-order valence-corrected chi connectivity index (χ4v) is 3.35. The van der Waals surface area contributed by atoms with Gasteiger partial charge in [-0.15, -0.1) is 10.2 Å². The number of benzene rings is 1. The lowest BCUT2D eigenvalue weighted by Gasteiger charge is -2.16. The highest BCUT2D eigenvalue weighted by molar-refractivity contribution is 5.95. The van der Waals surface area contributed by atoms with Crippen molar-refractivity contribution in [2.24, 2.45) is 7.05 Å². The molecule has 1 aromatic carbocycles. The summed E-state index contributed by atoms with van der Waals surface area (Å²) < 4.78 is 1.88. The zero-order valence-corrected chi connectivity index (χ0v) is 18.7. The highest BCUT2D eigenvalue weighted by Gasteiger charge is 2.13. The highest BCUT2D eigenvalue weighted by atomic mass is 16.1. The van der Waals surface area contributed by atoms with Gasteiger partial charge in [-0.05, 0) is 36.4 Å². The second kappa shape index (κ2) is 9.86. The molecule has 10 nitrogen and oxygen atoms in total. The molecule has 0 aliphatic heterocycles. The average Bonchev–Trinajstić information content (AvgIpc) is 3.22. The molecule has 4 aromatic rings. The maximum Gasteiger partial charge on any atom is 0.251 e. The minimum atomic E-state index is -0.168. The molecular weight excluding hydrogens is 418 g/mol. The molecule has 33 heavy (non-hydrogen) atoms. The topological polar surface area (TPSA) is 114 Å². The van der Waals surface area contributed by atoms with Crippen LogP contribution < -0.4 is 15.5 Å². The molecule has 1 amide bonds. The van der Waals surface area contributed by atoms with E-state index in [1.807, 2.05) is 60.9 Å². The van der Waals surface area contributed by atoms with E-state index in [0.29, 0.717) is 30.2 Å². The maximum atomic E-state index is 12.7. The Balaban J connectivity index is 1.39. The van der Waals surface area contributed by atoms with Crippen molar-refractivity contribution in [3.63, 3.8) is 0 Å². The Bertz CT molecular complexity index is 1240. The Morgan fingerprint density at radius 1 is 1.03 bits per heavy atom. The summed E-state index contributed by atoms with van der Waals surface area (Å²) in [7, 11) is 5.79. The first kappa shape index (κ1) is 21.9. The van der Waals surface area contributed by atoms with Gasteiger partial charge in [-0.2, -0.15) is 0 Å². The van der Waals surface area contributed by atoms with Crippen molar-refractivity contribution in [2.75, 3.05) is 24.3 Å². The molecule has 3 aromatic heterocycles. The van der Waals surface area contributed by atoms with Crippen LogP contribution >= 0.6 is 0 Å². The summed E-state index contributed by atoms with van der Waals surface area (Å²) in [5.41, 5.74) is 3.85. The number of amides is 1. The van der Waals surface area contributed by atoms with E-state index < -0.39 is 0 Å².